The molecule has 102 valence electrons. The normalized spacial score (nSPS) is 23.2. The predicted molar refractivity (Wildman–Crippen MR) is 70.7 cm³/mol. The maximum absolute atomic E-state index is 11.1. The molecule has 1 heterocycles. The van der Waals surface area contributed by atoms with Crippen molar-refractivity contribution in [3.05, 3.63) is 33.9 Å². The molecule has 2 atom stereocenters. The van der Waals surface area contributed by atoms with Gasteiger partial charge in [-0.2, -0.15) is 0 Å². The first-order valence-electron chi connectivity index (χ1n) is 6.15. The van der Waals surface area contributed by atoms with Crippen LogP contribution in [0.1, 0.15) is 24.2 Å². The Morgan fingerprint density at radius 1 is 1.37 bits per heavy atom. The van der Waals surface area contributed by atoms with E-state index in [-0.39, 0.29) is 17.9 Å². The van der Waals surface area contributed by atoms with E-state index in [4.69, 9.17) is 4.74 Å². The SMILES string of the molecule is C[C@@H]1CN(c2cc([N+](=O)[O-])ccc2C=O)C[C@H](C)O1. The molecule has 0 saturated carbocycles. The van der Waals surface area contributed by atoms with Gasteiger partial charge >= 0.3 is 0 Å². The van der Waals surface area contributed by atoms with Gasteiger partial charge in [0.25, 0.3) is 5.69 Å². The molecule has 6 nitrogen and oxygen atoms in total. The van der Waals surface area contributed by atoms with Crippen LogP contribution in [0.25, 0.3) is 0 Å². The van der Waals surface area contributed by atoms with Crippen molar-refractivity contribution in [1.82, 2.24) is 0 Å². The average molecular weight is 264 g/mol. The highest BCUT2D eigenvalue weighted by molar-refractivity contribution is 5.85. The number of nitrogens with zero attached hydrogens (tertiary/aromatic N) is 2. The summed E-state index contributed by atoms with van der Waals surface area (Å²) in [6, 6.07) is 4.29. The van der Waals surface area contributed by atoms with Crippen LogP contribution in [-0.4, -0.2) is 36.5 Å². The van der Waals surface area contributed by atoms with Crippen molar-refractivity contribution in [3.63, 3.8) is 0 Å². The van der Waals surface area contributed by atoms with E-state index in [9.17, 15) is 14.9 Å². The van der Waals surface area contributed by atoms with E-state index in [2.05, 4.69) is 0 Å². The van der Waals surface area contributed by atoms with Crippen molar-refractivity contribution in [3.8, 4) is 0 Å². The first kappa shape index (κ1) is 13.5. The van der Waals surface area contributed by atoms with Gasteiger partial charge in [0.2, 0.25) is 0 Å². The van der Waals surface area contributed by atoms with Gasteiger partial charge in [-0.25, -0.2) is 0 Å². The summed E-state index contributed by atoms with van der Waals surface area (Å²) in [5.41, 5.74) is 1.06. The largest absolute Gasteiger partial charge is 0.372 e. The van der Waals surface area contributed by atoms with E-state index in [0.717, 1.165) is 6.29 Å². The Hall–Kier alpha value is -1.95. The molecule has 0 spiro atoms. The third-order valence-corrected chi connectivity index (χ3v) is 3.11. The molecule has 1 saturated heterocycles. The lowest BCUT2D eigenvalue weighted by atomic mass is 10.1. The van der Waals surface area contributed by atoms with Gasteiger partial charge in [-0.3, -0.25) is 14.9 Å². The molecular formula is C13H16N2O4. The molecule has 1 aromatic carbocycles. The van der Waals surface area contributed by atoms with E-state index >= 15 is 0 Å². The summed E-state index contributed by atoms with van der Waals surface area (Å²) >= 11 is 0. The molecule has 1 aliphatic heterocycles. The molecule has 1 fully saturated rings. The molecule has 0 unspecified atom stereocenters. The summed E-state index contributed by atoms with van der Waals surface area (Å²) in [6.45, 7) is 5.12. The van der Waals surface area contributed by atoms with Crippen LogP contribution < -0.4 is 4.90 Å². The fourth-order valence-corrected chi connectivity index (χ4v) is 2.39. The van der Waals surface area contributed by atoms with Crippen LogP contribution in [0, 0.1) is 10.1 Å². The molecule has 0 amide bonds. The van der Waals surface area contributed by atoms with Gasteiger partial charge in [-0.1, -0.05) is 0 Å². The van der Waals surface area contributed by atoms with E-state index in [1.54, 1.807) is 0 Å². The Balaban J connectivity index is 2.38. The number of hydrogen-bond donors (Lipinski definition) is 0. The Morgan fingerprint density at radius 3 is 2.53 bits per heavy atom. The molecule has 6 heteroatoms. The predicted octanol–water partition coefficient (Wildman–Crippen LogP) is 2.02. The number of carbonyl (C=O) groups is 1. The Morgan fingerprint density at radius 2 is 2.00 bits per heavy atom. The van der Waals surface area contributed by atoms with Crippen LogP contribution in [0.2, 0.25) is 0 Å². The number of carbonyl (C=O) groups excluding carboxylic acids is 1. The standard InChI is InChI=1S/C13H16N2O4/c1-9-6-14(7-10(2)19-9)13-5-12(15(17)18)4-3-11(13)8-16/h3-5,8-10H,6-7H2,1-2H3/t9-,10+. The van der Waals surface area contributed by atoms with Crippen molar-refractivity contribution in [2.45, 2.75) is 26.1 Å². The van der Waals surface area contributed by atoms with E-state index in [0.29, 0.717) is 24.3 Å². The second kappa shape index (κ2) is 5.36. The summed E-state index contributed by atoms with van der Waals surface area (Å²) in [5.74, 6) is 0. The van der Waals surface area contributed by atoms with Gasteiger partial charge in [0.05, 0.1) is 22.8 Å². The number of benzene rings is 1. The van der Waals surface area contributed by atoms with Crippen LogP contribution in [0.4, 0.5) is 11.4 Å². The van der Waals surface area contributed by atoms with Crippen molar-refractivity contribution in [1.29, 1.82) is 0 Å². The highest BCUT2D eigenvalue weighted by Crippen LogP contribution is 2.27. The van der Waals surface area contributed by atoms with Crippen molar-refractivity contribution in [2.24, 2.45) is 0 Å². The van der Waals surface area contributed by atoms with Crippen molar-refractivity contribution in [2.75, 3.05) is 18.0 Å². The van der Waals surface area contributed by atoms with Crippen molar-refractivity contribution < 1.29 is 14.5 Å². The zero-order valence-corrected chi connectivity index (χ0v) is 10.9. The summed E-state index contributed by atoms with van der Waals surface area (Å²) in [4.78, 5) is 23.4. The monoisotopic (exact) mass is 264 g/mol. The summed E-state index contributed by atoms with van der Waals surface area (Å²) in [5, 5.41) is 10.8. The molecule has 2 rings (SSSR count). The highest BCUT2D eigenvalue weighted by Gasteiger charge is 2.25. The van der Waals surface area contributed by atoms with Gasteiger partial charge in [-0.15, -0.1) is 0 Å². The number of nitro benzene ring substituents is 1. The lowest BCUT2D eigenvalue weighted by Gasteiger charge is -2.37. The maximum Gasteiger partial charge on any atom is 0.271 e. The number of non-ortho nitro benzene ring substituents is 1. The topological polar surface area (TPSA) is 72.7 Å². The minimum absolute atomic E-state index is 0.00704. The van der Waals surface area contributed by atoms with Crippen LogP contribution in [-0.2, 0) is 4.74 Å². The Bertz CT molecular complexity index is 493. The van der Waals surface area contributed by atoms with Gasteiger partial charge < -0.3 is 9.64 Å². The van der Waals surface area contributed by atoms with Crippen LogP contribution in [0.5, 0.6) is 0 Å². The molecule has 1 aromatic rings. The number of morpholine rings is 1. The number of anilines is 1. The summed E-state index contributed by atoms with van der Waals surface area (Å²) < 4.78 is 5.63. The van der Waals surface area contributed by atoms with E-state index in [1.807, 2.05) is 18.7 Å². The second-order valence-electron chi connectivity index (χ2n) is 4.78. The third kappa shape index (κ3) is 2.90. The molecule has 0 N–H and O–H groups in total. The summed E-state index contributed by atoms with van der Waals surface area (Å²) in [6.07, 6.45) is 0.786. The molecule has 19 heavy (non-hydrogen) atoms. The number of hydrogen-bond acceptors (Lipinski definition) is 5. The fraction of sp³-hybridized carbons (Fsp3) is 0.462. The average Bonchev–Trinajstić information content (AvgIpc) is 2.36. The maximum atomic E-state index is 11.1. The van der Waals surface area contributed by atoms with E-state index in [1.165, 1.54) is 18.2 Å². The lowest BCUT2D eigenvalue weighted by Crippen LogP contribution is -2.45. The Labute approximate surface area is 111 Å². The van der Waals surface area contributed by atoms with Gasteiger partial charge in [-0.05, 0) is 19.9 Å². The van der Waals surface area contributed by atoms with Gasteiger partial charge in [0.1, 0.15) is 0 Å². The summed E-state index contributed by atoms with van der Waals surface area (Å²) in [7, 11) is 0. The van der Waals surface area contributed by atoms with Gasteiger partial charge in [0, 0.05) is 30.8 Å². The molecule has 1 aliphatic rings. The number of nitro groups is 1. The minimum atomic E-state index is -0.453. The first-order chi connectivity index (χ1) is 9.01. The number of rotatable bonds is 3. The molecular weight excluding hydrogens is 248 g/mol. The fourth-order valence-electron chi connectivity index (χ4n) is 2.39. The number of ether oxygens (including phenoxy) is 1. The highest BCUT2D eigenvalue weighted by atomic mass is 16.6. The molecule has 0 radical (unpaired) electrons. The van der Waals surface area contributed by atoms with Crippen LogP contribution >= 0.6 is 0 Å². The lowest BCUT2D eigenvalue weighted by molar-refractivity contribution is -0.384. The zero-order chi connectivity index (χ0) is 14.0. The van der Waals surface area contributed by atoms with Crippen LogP contribution in [0.3, 0.4) is 0 Å². The van der Waals surface area contributed by atoms with Crippen molar-refractivity contribution >= 4 is 17.7 Å². The molecule has 0 bridgehead atoms. The smallest absolute Gasteiger partial charge is 0.271 e. The number of aldehydes is 1. The van der Waals surface area contributed by atoms with E-state index < -0.39 is 4.92 Å². The third-order valence-electron chi connectivity index (χ3n) is 3.11. The zero-order valence-electron chi connectivity index (χ0n) is 10.9. The quantitative estimate of drug-likeness (QED) is 0.474. The minimum Gasteiger partial charge on any atom is -0.372 e. The Kier molecular flexibility index (Phi) is 3.80. The molecule has 0 aliphatic carbocycles. The second-order valence-corrected chi connectivity index (χ2v) is 4.78. The molecule has 0 aromatic heterocycles. The van der Waals surface area contributed by atoms with Gasteiger partial charge in [0.15, 0.2) is 6.29 Å². The van der Waals surface area contributed by atoms with Crippen LogP contribution in [0.15, 0.2) is 18.2 Å². The first-order valence-corrected chi connectivity index (χ1v) is 6.15.